The van der Waals surface area contributed by atoms with Gasteiger partial charge in [-0.3, -0.25) is 14.9 Å². The smallest absolute Gasteiger partial charge is 0.396 e. The molecule has 0 saturated carbocycles. The SMILES string of the molecule is O=C1CC=CC=C1c1ccc2c(c1)nc(NC(=O)c1cccc(C(F)(F)F)c1)n2CCCO. The van der Waals surface area contributed by atoms with Crippen LogP contribution in [0.4, 0.5) is 19.1 Å². The number of anilines is 1. The van der Waals surface area contributed by atoms with Crippen molar-refractivity contribution < 1.29 is 27.9 Å². The summed E-state index contributed by atoms with van der Waals surface area (Å²) in [4.78, 5) is 29.4. The van der Waals surface area contributed by atoms with Crippen molar-refractivity contribution in [1.29, 1.82) is 0 Å². The quantitative estimate of drug-likeness (QED) is 0.569. The fourth-order valence-corrected chi connectivity index (χ4v) is 3.66. The Kier molecular flexibility index (Phi) is 6.15. The standard InChI is InChI=1S/C24H20F3N3O3/c25-24(26,27)17-6-3-5-16(13-17)22(33)29-23-28-19-14-15(18-7-1-2-8-21(18)32)9-10-20(19)30(23)11-4-12-31/h1-3,5-7,9-10,13-14,31H,4,8,11-12H2,(H,28,29,33). The average Bonchev–Trinajstić information content (AvgIpc) is 3.13. The first-order valence-corrected chi connectivity index (χ1v) is 10.3. The van der Waals surface area contributed by atoms with Crippen molar-refractivity contribution >= 4 is 34.2 Å². The lowest BCUT2D eigenvalue weighted by Crippen LogP contribution is -2.17. The van der Waals surface area contributed by atoms with Crippen LogP contribution in [0.3, 0.4) is 0 Å². The largest absolute Gasteiger partial charge is 0.416 e. The van der Waals surface area contributed by atoms with Gasteiger partial charge in [0.1, 0.15) is 0 Å². The van der Waals surface area contributed by atoms with E-state index in [-0.39, 0.29) is 23.9 Å². The molecule has 170 valence electrons. The summed E-state index contributed by atoms with van der Waals surface area (Å²) in [5, 5.41) is 11.8. The maximum atomic E-state index is 13.0. The number of halogens is 3. The highest BCUT2D eigenvalue weighted by Crippen LogP contribution is 2.30. The molecule has 1 amide bonds. The number of ketones is 1. The Bertz CT molecular complexity index is 1290. The number of hydrogen-bond acceptors (Lipinski definition) is 4. The minimum atomic E-state index is -4.57. The summed E-state index contributed by atoms with van der Waals surface area (Å²) in [7, 11) is 0. The number of allylic oxidation sites excluding steroid dienone is 4. The van der Waals surface area contributed by atoms with E-state index in [0.717, 1.165) is 12.1 Å². The van der Waals surface area contributed by atoms with Crippen LogP contribution in [0.2, 0.25) is 0 Å². The Labute approximate surface area is 187 Å². The van der Waals surface area contributed by atoms with Crippen molar-refractivity contribution in [3.8, 4) is 0 Å². The van der Waals surface area contributed by atoms with Crippen LogP contribution in [0.25, 0.3) is 16.6 Å². The van der Waals surface area contributed by atoms with Gasteiger partial charge in [-0.05, 0) is 42.3 Å². The van der Waals surface area contributed by atoms with Crippen LogP contribution in [0.5, 0.6) is 0 Å². The van der Waals surface area contributed by atoms with Gasteiger partial charge in [0.15, 0.2) is 5.78 Å². The number of aryl methyl sites for hydroxylation is 1. The molecule has 1 aliphatic carbocycles. The monoisotopic (exact) mass is 455 g/mol. The topological polar surface area (TPSA) is 84.2 Å². The van der Waals surface area contributed by atoms with Gasteiger partial charge in [0.05, 0.1) is 16.6 Å². The third-order valence-electron chi connectivity index (χ3n) is 5.28. The van der Waals surface area contributed by atoms with E-state index in [1.165, 1.54) is 12.1 Å². The van der Waals surface area contributed by atoms with E-state index in [4.69, 9.17) is 0 Å². The molecule has 0 atom stereocenters. The Balaban J connectivity index is 1.70. The summed E-state index contributed by atoms with van der Waals surface area (Å²) in [6, 6.07) is 9.41. The summed E-state index contributed by atoms with van der Waals surface area (Å²) >= 11 is 0. The number of alkyl halides is 3. The molecule has 0 radical (unpaired) electrons. The Morgan fingerprint density at radius 3 is 2.73 bits per heavy atom. The van der Waals surface area contributed by atoms with Crippen LogP contribution in [0, 0.1) is 0 Å². The molecule has 1 heterocycles. The van der Waals surface area contributed by atoms with Crippen molar-refractivity contribution in [3.05, 3.63) is 77.4 Å². The number of nitrogens with zero attached hydrogens (tertiary/aromatic N) is 2. The molecule has 2 N–H and O–H groups in total. The van der Waals surface area contributed by atoms with Crippen LogP contribution in [0.15, 0.2) is 60.7 Å². The molecule has 1 aromatic heterocycles. The molecular formula is C24H20F3N3O3. The number of aliphatic hydroxyl groups excluding tert-OH is 1. The molecule has 0 bridgehead atoms. The maximum Gasteiger partial charge on any atom is 0.416 e. The number of carbonyl (C=O) groups excluding carboxylic acids is 2. The number of aromatic nitrogens is 2. The first kappa shape index (κ1) is 22.5. The molecule has 0 spiro atoms. The summed E-state index contributed by atoms with van der Waals surface area (Å²) in [6.45, 7) is 0.238. The third kappa shape index (κ3) is 4.73. The van der Waals surface area contributed by atoms with Gasteiger partial charge in [0, 0.05) is 30.7 Å². The van der Waals surface area contributed by atoms with E-state index >= 15 is 0 Å². The molecule has 3 aromatic rings. The van der Waals surface area contributed by atoms with E-state index in [0.29, 0.717) is 41.6 Å². The third-order valence-corrected chi connectivity index (χ3v) is 5.28. The molecule has 0 saturated heterocycles. The van der Waals surface area contributed by atoms with E-state index in [1.807, 2.05) is 6.08 Å². The van der Waals surface area contributed by atoms with E-state index < -0.39 is 17.6 Å². The zero-order valence-corrected chi connectivity index (χ0v) is 17.4. The fraction of sp³-hybridized carbons (Fsp3) is 0.208. The van der Waals surface area contributed by atoms with Crippen molar-refractivity contribution in [2.75, 3.05) is 11.9 Å². The van der Waals surface area contributed by atoms with E-state index in [2.05, 4.69) is 10.3 Å². The van der Waals surface area contributed by atoms with Gasteiger partial charge in [-0.25, -0.2) is 4.98 Å². The summed E-state index contributed by atoms with van der Waals surface area (Å²) < 4.78 is 40.7. The van der Waals surface area contributed by atoms with Crippen LogP contribution in [-0.2, 0) is 17.5 Å². The number of hydrogen-bond donors (Lipinski definition) is 2. The van der Waals surface area contributed by atoms with Crippen LogP contribution in [-0.4, -0.2) is 33.0 Å². The van der Waals surface area contributed by atoms with Gasteiger partial charge < -0.3 is 9.67 Å². The average molecular weight is 455 g/mol. The molecule has 0 unspecified atom stereocenters. The molecule has 2 aromatic carbocycles. The lowest BCUT2D eigenvalue weighted by Gasteiger charge is -2.11. The number of carbonyl (C=O) groups is 2. The second-order valence-electron chi connectivity index (χ2n) is 7.54. The highest BCUT2D eigenvalue weighted by Gasteiger charge is 2.31. The summed E-state index contributed by atoms with van der Waals surface area (Å²) in [5.41, 5.74) is 1.32. The molecule has 4 rings (SSSR count). The fourth-order valence-electron chi connectivity index (χ4n) is 3.66. The van der Waals surface area contributed by atoms with Crippen molar-refractivity contribution in [2.24, 2.45) is 0 Å². The van der Waals surface area contributed by atoms with Crippen molar-refractivity contribution in [3.63, 3.8) is 0 Å². The van der Waals surface area contributed by atoms with E-state index in [9.17, 15) is 27.9 Å². The number of fused-ring (bicyclic) bond motifs is 1. The Hall–Kier alpha value is -3.72. The molecule has 9 heteroatoms. The zero-order chi connectivity index (χ0) is 23.6. The minimum Gasteiger partial charge on any atom is -0.396 e. The molecule has 0 fully saturated rings. The lowest BCUT2D eigenvalue weighted by atomic mass is 9.96. The second kappa shape index (κ2) is 9.03. The van der Waals surface area contributed by atoms with Gasteiger partial charge in [0.25, 0.3) is 5.91 Å². The number of imidazole rings is 1. The second-order valence-corrected chi connectivity index (χ2v) is 7.54. The number of benzene rings is 2. The molecular weight excluding hydrogens is 435 g/mol. The van der Waals surface area contributed by atoms with Crippen molar-refractivity contribution in [1.82, 2.24) is 9.55 Å². The van der Waals surface area contributed by atoms with Gasteiger partial charge in [0.2, 0.25) is 5.95 Å². The maximum absolute atomic E-state index is 13.0. The highest BCUT2D eigenvalue weighted by molar-refractivity contribution is 6.22. The summed E-state index contributed by atoms with van der Waals surface area (Å²) in [6.07, 6.45) is 1.44. The van der Waals surface area contributed by atoms with Gasteiger partial charge in [-0.2, -0.15) is 13.2 Å². The molecule has 0 aliphatic heterocycles. The molecule has 6 nitrogen and oxygen atoms in total. The van der Waals surface area contributed by atoms with Crippen LogP contribution in [0.1, 0.15) is 34.3 Å². The normalized spacial score (nSPS) is 13.9. The van der Waals surface area contributed by atoms with Gasteiger partial charge in [-0.15, -0.1) is 0 Å². The van der Waals surface area contributed by atoms with E-state index in [1.54, 1.807) is 34.9 Å². The van der Waals surface area contributed by atoms with Gasteiger partial charge in [-0.1, -0.05) is 30.4 Å². The number of rotatable bonds is 6. The first-order valence-electron chi connectivity index (χ1n) is 10.3. The first-order chi connectivity index (χ1) is 15.8. The zero-order valence-electron chi connectivity index (χ0n) is 17.4. The number of amides is 1. The Morgan fingerprint density at radius 1 is 1.18 bits per heavy atom. The van der Waals surface area contributed by atoms with Gasteiger partial charge >= 0.3 is 6.18 Å². The minimum absolute atomic E-state index is 0.0189. The molecule has 1 aliphatic rings. The predicted molar refractivity (Wildman–Crippen MR) is 118 cm³/mol. The highest BCUT2D eigenvalue weighted by atomic mass is 19.4. The summed E-state index contributed by atoms with van der Waals surface area (Å²) in [5.74, 6) is -0.617. The number of Topliss-reactive ketones (excluding diaryl/α,β-unsaturated/α-hetero) is 1. The molecule has 33 heavy (non-hydrogen) atoms. The van der Waals surface area contributed by atoms with Crippen molar-refractivity contribution in [2.45, 2.75) is 25.6 Å². The Morgan fingerprint density at radius 2 is 2.00 bits per heavy atom. The predicted octanol–water partition coefficient (Wildman–Crippen LogP) is 4.60. The van der Waals surface area contributed by atoms with Crippen LogP contribution >= 0.6 is 0 Å². The van der Waals surface area contributed by atoms with Crippen LogP contribution < -0.4 is 5.32 Å². The number of nitrogens with one attached hydrogen (secondary N) is 1. The number of aliphatic hydroxyl groups is 1. The lowest BCUT2D eigenvalue weighted by molar-refractivity contribution is -0.137.